The highest BCUT2D eigenvalue weighted by atomic mass is 16.4. The number of hydrogen-bond donors (Lipinski definition) is 0. The molecular weight excluding hydrogens is 418 g/mol. The molecule has 1 unspecified atom stereocenters. The Kier molecular flexibility index (Phi) is 5.11. The van der Waals surface area contributed by atoms with Gasteiger partial charge in [0, 0.05) is 38.5 Å². The van der Waals surface area contributed by atoms with Gasteiger partial charge in [0.1, 0.15) is 12.2 Å². The zero-order valence-electron chi connectivity index (χ0n) is 19.0. The average Bonchev–Trinajstić information content (AvgIpc) is 3.26. The van der Waals surface area contributed by atoms with E-state index in [1.807, 2.05) is 29.4 Å². The van der Waals surface area contributed by atoms with Gasteiger partial charge in [0.2, 0.25) is 5.91 Å². The summed E-state index contributed by atoms with van der Waals surface area (Å²) >= 11 is 0. The number of nitrogens with zero attached hydrogens (tertiary/aromatic N) is 5. The molecule has 1 saturated heterocycles. The van der Waals surface area contributed by atoms with E-state index in [1.165, 1.54) is 32.1 Å². The fraction of sp³-hybridized carbons (Fsp3) is 0.600. The van der Waals surface area contributed by atoms with E-state index < -0.39 is 5.76 Å². The first kappa shape index (κ1) is 20.7. The number of aryl methyl sites for hydroxylation is 1. The van der Waals surface area contributed by atoms with Gasteiger partial charge in [-0.1, -0.05) is 31.4 Å². The van der Waals surface area contributed by atoms with Gasteiger partial charge in [0.25, 0.3) is 0 Å². The number of carbonyl (C=O) groups is 1. The molecule has 0 radical (unpaired) electrons. The molecule has 174 valence electrons. The first-order chi connectivity index (χ1) is 16.1. The summed E-state index contributed by atoms with van der Waals surface area (Å²) < 4.78 is 9.15. The number of fused-ring (bicyclic) bond motifs is 1. The normalized spacial score (nSPS) is 22.4. The van der Waals surface area contributed by atoms with Gasteiger partial charge in [-0.05, 0) is 49.1 Å². The second-order valence-electron chi connectivity index (χ2n) is 10.3. The standard InChI is InChI=1S/C25H31N5O3/c31-22(10-13-30-20-6-2-3-7-21(20)33-24(30)32)28-15-19(25(16-28)11-4-1-5-12-25)23-27-26-17-29(23)14-18-8-9-18/h2-3,6-7,17-19H,1,4-5,8-16H2. The van der Waals surface area contributed by atoms with Crippen LogP contribution in [0.15, 0.2) is 39.8 Å². The molecule has 33 heavy (non-hydrogen) atoms. The van der Waals surface area contributed by atoms with Crippen LogP contribution >= 0.6 is 0 Å². The van der Waals surface area contributed by atoms with E-state index in [1.54, 1.807) is 10.6 Å². The Hall–Kier alpha value is -2.90. The molecule has 0 bridgehead atoms. The lowest BCUT2D eigenvalue weighted by molar-refractivity contribution is -0.130. The molecule has 2 aliphatic carbocycles. The van der Waals surface area contributed by atoms with Crippen LogP contribution in [0, 0.1) is 11.3 Å². The van der Waals surface area contributed by atoms with Crippen LogP contribution in [0.5, 0.6) is 0 Å². The minimum Gasteiger partial charge on any atom is -0.408 e. The lowest BCUT2D eigenvalue weighted by Crippen LogP contribution is -2.35. The smallest absolute Gasteiger partial charge is 0.408 e. The van der Waals surface area contributed by atoms with E-state index in [0.29, 0.717) is 25.1 Å². The quantitative estimate of drug-likeness (QED) is 0.574. The predicted octanol–water partition coefficient (Wildman–Crippen LogP) is 3.56. The van der Waals surface area contributed by atoms with E-state index in [-0.39, 0.29) is 17.2 Å². The topological polar surface area (TPSA) is 86.2 Å². The minimum atomic E-state index is -0.403. The van der Waals surface area contributed by atoms with Crippen molar-refractivity contribution in [3.05, 3.63) is 47.0 Å². The van der Waals surface area contributed by atoms with Crippen molar-refractivity contribution < 1.29 is 9.21 Å². The Morgan fingerprint density at radius 2 is 1.97 bits per heavy atom. The van der Waals surface area contributed by atoms with Crippen LogP contribution in [-0.2, 0) is 17.9 Å². The van der Waals surface area contributed by atoms with Crippen LogP contribution in [0.1, 0.15) is 63.1 Å². The van der Waals surface area contributed by atoms with Crippen LogP contribution in [-0.4, -0.2) is 43.2 Å². The van der Waals surface area contributed by atoms with Crippen LogP contribution in [0.4, 0.5) is 0 Å². The largest absolute Gasteiger partial charge is 0.419 e. The van der Waals surface area contributed by atoms with Gasteiger partial charge < -0.3 is 13.9 Å². The maximum atomic E-state index is 13.3. The summed E-state index contributed by atoms with van der Waals surface area (Å²) in [7, 11) is 0. The summed E-state index contributed by atoms with van der Waals surface area (Å²) in [6.07, 6.45) is 10.7. The van der Waals surface area contributed by atoms with Gasteiger partial charge in [0.05, 0.1) is 5.52 Å². The molecule has 1 atom stereocenters. The molecule has 3 heterocycles. The Bertz CT molecular complexity index is 1210. The Morgan fingerprint density at radius 3 is 2.79 bits per heavy atom. The molecule has 8 heteroatoms. The van der Waals surface area contributed by atoms with Crippen molar-refractivity contribution in [1.29, 1.82) is 0 Å². The van der Waals surface area contributed by atoms with E-state index >= 15 is 0 Å². The molecule has 2 aromatic heterocycles. The molecule has 6 rings (SSSR count). The van der Waals surface area contributed by atoms with Crippen molar-refractivity contribution in [1.82, 2.24) is 24.2 Å². The second-order valence-corrected chi connectivity index (χ2v) is 10.3. The van der Waals surface area contributed by atoms with E-state index in [4.69, 9.17) is 4.42 Å². The number of carbonyl (C=O) groups excluding carboxylic acids is 1. The maximum Gasteiger partial charge on any atom is 0.419 e. The Balaban J connectivity index is 1.22. The van der Waals surface area contributed by atoms with Crippen LogP contribution in [0.3, 0.4) is 0 Å². The monoisotopic (exact) mass is 449 g/mol. The summed E-state index contributed by atoms with van der Waals surface area (Å²) in [5.74, 6) is 1.76. The lowest BCUT2D eigenvalue weighted by atomic mass is 9.67. The van der Waals surface area contributed by atoms with Crippen LogP contribution in [0.2, 0.25) is 0 Å². The van der Waals surface area contributed by atoms with Gasteiger partial charge in [-0.3, -0.25) is 9.36 Å². The highest BCUT2D eigenvalue weighted by Gasteiger charge is 2.50. The van der Waals surface area contributed by atoms with Crippen molar-refractivity contribution >= 4 is 17.0 Å². The third-order valence-corrected chi connectivity index (χ3v) is 8.08. The number of hydrogen-bond acceptors (Lipinski definition) is 5. The number of rotatable bonds is 6. The summed E-state index contributed by atoms with van der Waals surface area (Å²) in [5, 5.41) is 8.84. The summed E-state index contributed by atoms with van der Waals surface area (Å²) in [6.45, 7) is 2.82. The molecule has 3 aliphatic rings. The number of para-hydroxylation sites is 2. The van der Waals surface area contributed by atoms with E-state index in [9.17, 15) is 9.59 Å². The van der Waals surface area contributed by atoms with Crippen molar-refractivity contribution in [2.45, 2.75) is 70.4 Å². The van der Waals surface area contributed by atoms with Gasteiger partial charge >= 0.3 is 5.76 Å². The summed E-state index contributed by atoms with van der Waals surface area (Å²) in [5.41, 5.74) is 1.40. The van der Waals surface area contributed by atoms with Crippen molar-refractivity contribution in [3.8, 4) is 0 Å². The molecule has 1 aliphatic heterocycles. The van der Waals surface area contributed by atoms with Crippen molar-refractivity contribution in [2.75, 3.05) is 13.1 Å². The van der Waals surface area contributed by atoms with Gasteiger partial charge in [-0.2, -0.15) is 0 Å². The third kappa shape index (κ3) is 3.79. The fourth-order valence-corrected chi connectivity index (χ4v) is 6.12. The van der Waals surface area contributed by atoms with Gasteiger partial charge in [-0.15, -0.1) is 10.2 Å². The lowest BCUT2D eigenvalue weighted by Gasteiger charge is -2.37. The summed E-state index contributed by atoms with van der Waals surface area (Å²) in [4.78, 5) is 27.7. The zero-order valence-corrected chi connectivity index (χ0v) is 19.0. The van der Waals surface area contributed by atoms with Crippen LogP contribution in [0.25, 0.3) is 11.1 Å². The Morgan fingerprint density at radius 1 is 1.15 bits per heavy atom. The van der Waals surface area contributed by atoms with E-state index in [0.717, 1.165) is 43.2 Å². The van der Waals surface area contributed by atoms with Crippen LogP contribution < -0.4 is 5.76 Å². The highest BCUT2D eigenvalue weighted by molar-refractivity contribution is 5.77. The Labute approximate surface area is 192 Å². The summed E-state index contributed by atoms with van der Waals surface area (Å²) in [6, 6.07) is 7.37. The zero-order chi connectivity index (χ0) is 22.4. The molecular formula is C25H31N5O3. The molecule has 3 fully saturated rings. The first-order valence-electron chi connectivity index (χ1n) is 12.4. The second kappa shape index (κ2) is 8.15. The average molecular weight is 450 g/mol. The molecule has 0 N–H and O–H groups in total. The fourth-order valence-electron chi connectivity index (χ4n) is 6.12. The SMILES string of the molecule is O=C(CCn1c(=O)oc2ccccc21)N1CC(c2nncn2CC2CC2)C2(CCCCC2)C1. The molecule has 2 saturated carbocycles. The molecule has 3 aromatic rings. The maximum absolute atomic E-state index is 13.3. The predicted molar refractivity (Wildman–Crippen MR) is 123 cm³/mol. The van der Waals surface area contributed by atoms with Gasteiger partial charge in [0.15, 0.2) is 5.58 Å². The number of benzene rings is 1. The van der Waals surface area contributed by atoms with E-state index in [2.05, 4.69) is 14.8 Å². The number of aromatic nitrogens is 4. The minimum absolute atomic E-state index is 0.0986. The molecule has 1 spiro atoms. The number of oxazole rings is 1. The van der Waals surface area contributed by atoms with Gasteiger partial charge in [-0.25, -0.2) is 4.79 Å². The highest BCUT2D eigenvalue weighted by Crippen LogP contribution is 2.52. The molecule has 1 aromatic carbocycles. The third-order valence-electron chi connectivity index (χ3n) is 8.08. The molecule has 1 amide bonds. The van der Waals surface area contributed by atoms with Crippen molar-refractivity contribution in [2.24, 2.45) is 11.3 Å². The number of amides is 1. The first-order valence-corrected chi connectivity index (χ1v) is 12.4. The van der Waals surface area contributed by atoms with Crippen molar-refractivity contribution in [3.63, 3.8) is 0 Å². The number of likely N-dealkylation sites (tertiary alicyclic amines) is 1. The molecule has 8 nitrogen and oxygen atoms in total.